The van der Waals surface area contributed by atoms with E-state index >= 15 is 0 Å². The second-order valence-electron chi connectivity index (χ2n) is 8.28. The van der Waals surface area contributed by atoms with Crippen molar-refractivity contribution >= 4 is 15.8 Å². The summed E-state index contributed by atoms with van der Waals surface area (Å²) >= 11 is 0. The smallest absolute Gasteiger partial charge is 0.240 e. The lowest BCUT2D eigenvalue weighted by Crippen LogP contribution is -2.36. The lowest BCUT2D eigenvalue weighted by Gasteiger charge is -2.23. The Bertz CT molecular complexity index is 1200. The highest BCUT2D eigenvalue weighted by molar-refractivity contribution is 7.89. The van der Waals surface area contributed by atoms with Crippen molar-refractivity contribution in [1.82, 2.24) is 14.7 Å². The molecule has 31 heavy (non-hydrogen) atoms. The van der Waals surface area contributed by atoms with Gasteiger partial charge in [0.25, 0.3) is 0 Å². The Morgan fingerprint density at radius 3 is 2.45 bits per heavy atom. The molecule has 3 aromatic rings. The zero-order valence-electron chi connectivity index (χ0n) is 17.9. The number of nitrogens with one attached hydrogen (secondary N) is 1. The molecule has 4 rings (SSSR count). The quantitative estimate of drug-likeness (QED) is 0.608. The third-order valence-corrected chi connectivity index (χ3v) is 7.40. The minimum Gasteiger partial charge on any atom is -0.383 e. The molecule has 2 aromatic heterocycles. The van der Waals surface area contributed by atoms with E-state index < -0.39 is 10.0 Å². The van der Waals surface area contributed by atoms with Crippen molar-refractivity contribution in [2.75, 3.05) is 5.73 Å². The molecule has 1 saturated carbocycles. The maximum Gasteiger partial charge on any atom is 0.240 e. The van der Waals surface area contributed by atoms with Crippen LogP contribution in [0.25, 0.3) is 22.3 Å². The monoisotopic (exact) mass is 436 g/mol. The van der Waals surface area contributed by atoms with Crippen LogP contribution >= 0.6 is 0 Å². The van der Waals surface area contributed by atoms with E-state index in [9.17, 15) is 8.42 Å². The van der Waals surface area contributed by atoms with E-state index in [-0.39, 0.29) is 10.9 Å². The van der Waals surface area contributed by atoms with E-state index in [2.05, 4.69) is 14.7 Å². The number of anilines is 1. The van der Waals surface area contributed by atoms with Gasteiger partial charge in [-0.1, -0.05) is 25.3 Å². The molecule has 6 nitrogen and oxygen atoms in total. The molecule has 1 fully saturated rings. The SMILES string of the molecule is Cc1cc(-c2cc(-c3cc(S(=O)(=O)NC4CCCCC4)ccc3C)cnc2N)ccn1. The standard InChI is InChI=1S/C24H28N4O2S/c1-16-8-9-21(31(29,30)28-20-6-4-3-5-7-20)14-22(16)19-13-23(24(25)27-15-19)18-10-11-26-17(2)12-18/h8-15,20,28H,3-7H2,1-2H3,(H2,25,27). The summed E-state index contributed by atoms with van der Waals surface area (Å²) in [5, 5.41) is 0. The fourth-order valence-electron chi connectivity index (χ4n) is 4.15. The topological polar surface area (TPSA) is 98.0 Å². The summed E-state index contributed by atoms with van der Waals surface area (Å²) in [6.07, 6.45) is 8.55. The first-order valence-electron chi connectivity index (χ1n) is 10.7. The molecule has 162 valence electrons. The van der Waals surface area contributed by atoms with Crippen LogP contribution in [0.2, 0.25) is 0 Å². The summed E-state index contributed by atoms with van der Waals surface area (Å²) in [6.45, 7) is 3.89. The van der Waals surface area contributed by atoms with Crippen LogP contribution in [0.4, 0.5) is 5.82 Å². The molecule has 0 radical (unpaired) electrons. The summed E-state index contributed by atoms with van der Waals surface area (Å²) in [5.74, 6) is 0.426. The highest BCUT2D eigenvalue weighted by Crippen LogP contribution is 2.32. The van der Waals surface area contributed by atoms with Crippen LogP contribution in [0.3, 0.4) is 0 Å². The number of nitrogen functional groups attached to an aromatic ring is 1. The molecule has 3 N–H and O–H groups in total. The van der Waals surface area contributed by atoms with Gasteiger partial charge in [0, 0.05) is 35.3 Å². The van der Waals surface area contributed by atoms with Crippen molar-refractivity contribution in [3.63, 3.8) is 0 Å². The lowest BCUT2D eigenvalue weighted by molar-refractivity contribution is 0.412. The van der Waals surface area contributed by atoms with Crippen LogP contribution in [-0.2, 0) is 10.0 Å². The minimum atomic E-state index is -3.59. The minimum absolute atomic E-state index is 0.0169. The molecule has 0 unspecified atom stereocenters. The first kappa shape index (κ1) is 21.5. The molecular weight excluding hydrogens is 408 g/mol. The predicted molar refractivity (Wildman–Crippen MR) is 124 cm³/mol. The van der Waals surface area contributed by atoms with Gasteiger partial charge in [0.1, 0.15) is 5.82 Å². The van der Waals surface area contributed by atoms with Crippen molar-refractivity contribution in [2.45, 2.75) is 56.9 Å². The molecule has 0 atom stereocenters. The van der Waals surface area contributed by atoms with Gasteiger partial charge < -0.3 is 5.73 Å². The van der Waals surface area contributed by atoms with Crippen molar-refractivity contribution < 1.29 is 8.42 Å². The third-order valence-electron chi connectivity index (χ3n) is 5.88. The Hall–Kier alpha value is -2.77. The normalized spacial score (nSPS) is 15.2. The molecule has 0 spiro atoms. The first-order valence-corrected chi connectivity index (χ1v) is 12.1. The number of aryl methyl sites for hydroxylation is 2. The Morgan fingerprint density at radius 2 is 1.71 bits per heavy atom. The van der Waals surface area contributed by atoms with Crippen LogP contribution in [0.5, 0.6) is 0 Å². The summed E-state index contributed by atoms with van der Waals surface area (Å²) < 4.78 is 28.9. The largest absolute Gasteiger partial charge is 0.383 e. The van der Waals surface area contributed by atoms with Crippen LogP contribution in [0.15, 0.2) is 53.7 Å². The number of pyridine rings is 2. The lowest BCUT2D eigenvalue weighted by atomic mass is 9.96. The fourth-order valence-corrected chi connectivity index (χ4v) is 5.48. The van der Waals surface area contributed by atoms with Gasteiger partial charge in [-0.2, -0.15) is 0 Å². The van der Waals surface area contributed by atoms with Crippen LogP contribution in [0.1, 0.15) is 43.4 Å². The van der Waals surface area contributed by atoms with Crippen molar-refractivity contribution in [2.24, 2.45) is 0 Å². The molecule has 0 bridgehead atoms. The Kier molecular flexibility index (Phi) is 6.07. The summed E-state index contributed by atoms with van der Waals surface area (Å²) in [5.41, 5.74) is 11.4. The molecule has 0 aliphatic heterocycles. The van der Waals surface area contributed by atoms with E-state index in [0.717, 1.165) is 59.2 Å². The molecule has 0 amide bonds. The molecule has 1 aromatic carbocycles. The van der Waals surface area contributed by atoms with Crippen molar-refractivity contribution in [3.8, 4) is 22.3 Å². The first-order chi connectivity index (χ1) is 14.8. The van der Waals surface area contributed by atoms with Crippen molar-refractivity contribution in [1.29, 1.82) is 0 Å². The number of hydrogen-bond acceptors (Lipinski definition) is 5. The highest BCUT2D eigenvalue weighted by Gasteiger charge is 2.22. The average molecular weight is 437 g/mol. The second kappa shape index (κ2) is 8.77. The number of nitrogens with zero attached hydrogens (tertiary/aromatic N) is 2. The maximum atomic E-state index is 13.0. The van der Waals surface area contributed by atoms with Gasteiger partial charge in [-0.25, -0.2) is 18.1 Å². The molecule has 1 aliphatic rings. The number of hydrogen-bond donors (Lipinski definition) is 2. The van der Waals surface area contributed by atoms with E-state index in [0.29, 0.717) is 5.82 Å². The summed E-state index contributed by atoms with van der Waals surface area (Å²) in [7, 11) is -3.59. The highest BCUT2D eigenvalue weighted by atomic mass is 32.2. The number of benzene rings is 1. The van der Waals surface area contributed by atoms with E-state index in [1.54, 1.807) is 24.5 Å². The molecule has 0 saturated heterocycles. The third kappa shape index (κ3) is 4.78. The van der Waals surface area contributed by atoms with Gasteiger partial charge in [-0.05, 0) is 73.7 Å². The Morgan fingerprint density at radius 1 is 0.935 bits per heavy atom. The van der Waals surface area contributed by atoms with Gasteiger partial charge in [0.2, 0.25) is 10.0 Å². The second-order valence-corrected chi connectivity index (χ2v) is 9.99. The predicted octanol–water partition coefficient (Wildman–Crippen LogP) is 4.62. The van der Waals surface area contributed by atoms with Crippen LogP contribution in [-0.4, -0.2) is 24.4 Å². The van der Waals surface area contributed by atoms with Crippen LogP contribution < -0.4 is 10.5 Å². The van der Waals surface area contributed by atoms with E-state index in [1.807, 2.05) is 38.1 Å². The molecular formula is C24H28N4O2S. The zero-order valence-corrected chi connectivity index (χ0v) is 18.7. The molecule has 2 heterocycles. The van der Waals surface area contributed by atoms with Gasteiger partial charge in [-0.15, -0.1) is 0 Å². The summed E-state index contributed by atoms with van der Waals surface area (Å²) in [4.78, 5) is 8.90. The number of rotatable bonds is 5. The van der Waals surface area contributed by atoms with E-state index in [4.69, 9.17) is 5.73 Å². The zero-order chi connectivity index (χ0) is 22.0. The van der Waals surface area contributed by atoms with Gasteiger partial charge >= 0.3 is 0 Å². The Balaban J connectivity index is 1.71. The van der Waals surface area contributed by atoms with E-state index in [1.165, 1.54) is 6.42 Å². The van der Waals surface area contributed by atoms with Gasteiger partial charge in [0.15, 0.2) is 0 Å². The fraction of sp³-hybridized carbons (Fsp3) is 0.333. The number of sulfonamides is 1. The molecule has 7 heteroatoms. The molecule has 1 aliphatic carbocycles. The van der Waals surface area contributed by atoms with Crippen LogP contribution in [0, 0.1) is 13.8 Å². The van der Waals surface area contributed by atoms with Gasteiger partial charge in [-0.3, -0.25) is 4.98 Å². The Labute approximate surface area is 184 Å². The number of nitrogens with two attached hydrogens (primary N) is 1. The summed E-state index contributed by atoms with van der Waals surface area (Å²) in [6, 6.07) is 11.1. The van der Waals surface area contributed by atoms with Crippen molar-refractivity contribution in [3.05, 3.63) is 60.0 Å². The van der Waals surface area contributed by atoms with Gasteiger partial charge in [0.05, 0.1) is 4.90 Å². The maximum absolute atomic E-state index is 13.0. The average Bonchev–Trinajstić information content (AvgIpc) is 2.75. The number of aromatic nitrogens is 2.